The van der Waals surface area contributed by atoms with E-state index < -0.39 is 128 Å². The molecule has 1 aliphatic rings. The zero-order chi connectivity index (χ0) is 28.5. The summed E-state index contributed by atoms with van der Waals surface area (Å²) in [6, 6.07) is 0. The molecule has 0 spiro atoms. The summed E-state index contributed by atoms with van der Waals surface area (Å²) in [4.78, 5) is 0. The summed E-state index contributed by atoms with van der Waals surface area (Å²) in [5.74, 6) is -47.9. The van der Waals surface area contributed by atoms with Crippen LogP contribution in [0.1, 0.15) is 40.9 Å². The fourth-order valence-electron chi connectivity index (χ4n) is 4.59. The van der Waals surface area contributed by atoms with E-state index in [2.05, 4.69) is 0 Å². The maximum absolute atomic E-state index is 14.8. The molecule has 3 unspecified atom stereocenters. The van der Waals surface area contributed by atoms with Crippen molar-refractivity contribution in [2.75, 3.05) is 0 Å². The fraction of sp³-hybridized carbons (Fsp3) is 0.174. The van der Waals surface area contributed by atoms with Crippen molar-refractivity contribution in [1.82, 2.24) is 0 Å². The van der Waals surface area contributed by atoms with Gasteiger partial charge in [0.15, 0.2) is 69.8 Å². The molecule has 1 aliphatic carbocycles. The van der Waals surface area contributed by atoms with E-state index in [1.807, 2.05) is 0 Å². The van der Waals surface area contributed by atoms with Crippen molar-refractivity contribution in [3.8, 4) is 0 Å². The van der Waals surface area contributed by atoms with Crippen molar-refractivity contribution in [2.24, 2.45) is 0 Å². The summed E-state index contributed by atoms with van der Waals surface area (Å²) < 4.78 is 212. The fourth-order valence-corrected chi connectivity index (χ4v) is 4.59. The van der Waals surface area contributed by atoms with Crippen LogP contribution in [0.2, 0.25) is 0 Å². The predicted octanol–water partition coefficient (Wildman–Crippen LogP) is 5.04. The molecule has 4 rings (SSSR count). The van der Waals surface area contributed by atoms with Gasteiger partial charge in [0.2, 0.25) is 17.5 Å². The van der Waals surface area contributed by atoms with Crippen molar-refractivity contribution >= 4 is 0 Å². The van der Waals surface area contributed by atoms with Crippen molar-refractivity contribution in [1.29, 1.82) is 0 Å². The van der Waals surface area contributed by atoms with Crippen molar-refractivity contribution < 1.29 is 95.4 Å². The largest absolute Gasteiger partial charge is 1.00 e. The smallest absolute Gasteiger partial charge is 0.320 e. The molecule has 3 atom stereocenters. The Balaban J connectivity index is 0.00000420. The molecular formula is C23H6F15Na. The van der Waals surface area contributed by atoms with Crippen LogP contribution >= 0.6 is 0 Å². The van der Waals surface area contributed by atoms with E-state index in [0.717, 1.165) is 0 Å². The van der Waals surface area contributed by atoms with Crippen LogP contribution in [0.4, 0.5) is 65.9 Å². The first-order chi connectivity index (χ1) is 17.6. The molecule has 0 saturated heterocycles. The number of hydrogen-bond acceptors (Lipinski definition) is 0. The summed E-state index contributed by atoms with van der Waals surface area (Å²) in [6.45, 7) is 0. The van der Waals surface area contributed by atoms with Crippen LogP contribution in [0.3, 0.4) is 0 Å². The average Bonchev–Trinajstić information content (AvgIpc) is 3.30. The zero-order valence-electron chi connectivity index (χ0n) is 18.7. The van der Waals surface area contributed by atoms with Gasteiger partial charge in [0.25, 0.3) is 0 Å². The third-order valence-electron chi connectivity index (χ3n) is 6.23. The first-order valence-electron chi connectivity index (χ1n) is 10.0. The summed E-state index contributed by atoms with van der Waals surface area (Å²) >= 11 is 0. The average molecular weight is 590 g/mol. The minimum absolute atomic E-state index is 0. The monoisotopic (exact) mass is 590 g/mol. The summed E-state index contributed by atoms with van der Waals surface area (Å²) in [6.07, 6.45) is -0.726. The Kier molecular flexibility index (Phi) is 8.69. The summed E-state index contributed by atoms with van der Waals surface area (Å²) in [7, 11) is 0. The van der Waals surface area contributed by atoms with Crippen LogP contribution in [-0.2, 0) is 0 Å². The van der Waals surface area contributed by atoms with E-state index in [1.165, 1.54) is 0 Å². The topological polar surface area (TPSA) is 0 Å². The van der Waals surface area contributed by atoms with Gasteiger partial charge in [-0.1, -0.05) is 0 Å². The van der Waals surface area contributed by atoms with Crippen LogP contribution in [0, 0.1) is 93.7 Å². The van der Waals surface area contributed by atoms with Gasteiger partial charge in [-0.15, -0.1) is 5.92 Å². The molecule has 16 heteroatoms. The van der Waals surface area contributed by atoms with Gasteiger partial charge in [-0.2, -0.15) is 6.42 Å². The molecule has 0 N–H and O–H groups in total. The molecule has 0 radical (unpaired) electrons. The Hall–Kier alpha value is -2.39. The standard InChI is InChI=1S/C23H6F15.Na/c24-9-6(10(25)16(31)21(36)15(9)30)3-1-2-4(7-11(26)17(32)22(37)18(33)12(7)27)5(3)8-13(28)19(34)23(38)20(35)14(8)29;/h1,3-5H,2H2;/q-1;+1. The number of rotatable bonds is 3. The van der Waals surface area contributed by atoms with E-state index >= 15 is 0 Å². The maximum Gasteiger partial charge on any atom is 1.00 e. The van der Waals surface area contributed by atoms with E-state index in [4.69, 9.17) is 0 Å². The minimum Gasteiger partial charge on any atom is -0.320 e. The minimum atomic E-state index is -2.83. The van der Waals surface area contributed by atoms with Crippen LogP contribution in [-0.4, -0.2) is 0 Å². The number of halogens is 15. The van der Waals surface area contributed by atoms with Crippen LogP contribution in [0.5, 0.6) is 0 Å². The van der Waals surface area contributed by atoms with Gasteiger partial charge in [0.05, 0.1) is 0 Å². The molecule has 1 fully saturated rings. The van der Waals surface area contributed by atoms with Crippen LogP contribution in [0.25, 0.3) is 0 Å². The summed E-state index contributed by atoms with van der Waals surface area (Å²) in [5.41, 5.74) is -5.86. The van der Waals surface area contributed by atoms with Crippen molar-refractivity contribution in [3.05, 3.63) is 110 Å². The van der Waals surface area contributed by atoms with Crippen molar-refractivity contribution in [3.63, 3.8) is 0 Å². The molecule has 3 aromatic carbocycles. The second-order valence-electron chi connectivity index (χ2n) is 8.08. The quantitative estimate of drug-likeness (QED) is 0.132. The van der Waals surface area contributed by atoms with Gasteiger partial charge in [-0.3, -0.25) is 0 Å². The molecule has 0 aliphatic heterocycles. The molecule has 1 saturated carbocycles. The molecule has 0 amide bonds. The number of hydrogen-bond donors (Lipinski definition) is 0. The van der Waals surface area contributed by atoms with Crippen molar-refractivity contribution in [2.45, 2.75) is 24.2 Å². The van der Waals surface area contributed by atoms with Crippen LogP contribution < -0.4 is 29.6 Å². The Morgan fingerprint density at radius 1 is 0.359 bits per heavy atom. The van der Waals surface area contributed by atoms with Gasteiger partial charge in [-0.25, -0.2) is 65.9 Å². The molecule has 204 valence electrons. The molecule has 0 nitrogen and oxygen atoms in total. The van der Waals surface area contributed by atoms with E-state index in [-0.39, 0.29) is 29.6 Å². The van der Waals surface area contributed by atoms with Gasteiger partial charge in [0.1, 0.15) is 0 Å². The van der Waals surface area contributed by atoms with E-state index in [0.29, 0.717) is 6.42 Å². The van der Waals surface area contributed by atoms with Crippen LogP contribution in [0.15, 0.2) is 0 Å². The number of benzene rings is 3. The molecule has 39 heavy (non-hydrogen) atoms. The normalized spacial score (nSPS) is 19.0. The van der Waals surface area contributed by atoms with Gasteiger partial charge in [-0.05, 0) is 11.8 Å². The third kappa shape index (κ3) is 4.49. The Labute approximate surface area is 229 Å². The Bertz CT molecular complexity index is 1340. The van der Waals surface area contributed by atoms with Gasteiger partial charge in [0, 0.05) is 16.7 Å². The second kappa shape index (κ2) is 10.9. The third-order valence-corrected chi connectivity index (χ3v) is 6.23. The predicted molar refractivity (Wildman–Crippen MR) is 95.8 cm³/mol. The summed E-state index contributed by atoms with van der Waals surface area (Å²) in [5, 5.41) is 0. The zero-order valence-corrected chi connectivity index (χ0v) is 20.7. The molecule has 0 heterocycles. The first kappa shape index (κ1) is 31.1. The molecular weight excluding hydrogens is 584 g/mol. The SMILES string of the molecule is Fc1c(F)c(F)c(C2[CH-]CC(c3c(F)c(F)c(F)c(F)c3F)C2c2c(F)c(F)c(F)c(F)c2F)c(F)c1F.[Na+]. The first-order valence-corrected chi connectivity index (χ1v) is 10.0. The second-order valence-corrected chi connectivity index (χ2v) is 8.08. The van der Waals surface area contributed by atoms with Gasteiger partial charge >= 0.3 is 29.6 Å². The Morgan fingerprint density at radius 3 is 0.949 bits per heavy atom. The maximum atomic E-state index is 14.8. The van der Waals surface area contributed by atoms with E-state index in [9.17, 15) is 65.9 Å². The molecule has 0 bridgehead atoms. The molecule has 0 aromatic heterocycles. The van der Waals surface area contributed by atoms with Gasteiger partial charge < -0.3 is 6.42 Å². The Morgan fingerprint density at radius 2 is 0.615 bits per heavy atom. The molecule has 3 aromatic rings. The van der Waals surface area contributed by atoms with E-state index in [1.54, 1.807) is 0 Å².